The van der Waals surface area contributed by atoms with Gasteiger partial charge >= 0.3 is 17.9 Å². The lowest BCUT2D eigenvalue weighted by atomic mass is 10.1. The van der Waals surface area contributed by atoms with Crippen molar-refractivity contribution in [2.24, 2.45) is 0 Å². The minimum atomic E-state index is -1.52. The number of carboxylic acid groups (broad SMARTS) is 3. The van der Waals surface area contributed by atoms with Crippen LogP contribution in [0.15, 0.2) is 0 Å². The Hall–Kier alpha value is -3.22. The van der Waals surface area contributed by atoms with Crippen molar-refractivity contribution in [2.75, 3.05) is 13.1 Å². The molecule has 0 bridgehead atoms. The highest BCUT2D eigenvalue weighted by Gasteiger charge is 2.28. The molecule has 1 rings (SSSR count). The highest BCUT2D eigenvalue weighted by molar-refractivity contribution is 5.92. The van der Waals surface area contributed by atoms with E-state index < -0.39 is 67.2 Å². The third-order valence-electron chi connectivity index (χ3n) is 4.36. The summed E-state index contributed by atoms with van der Waals surface area (Å²) in [4.78, 5) is 69.0. The first-order valence-electron chi connectivity index (χ1n) is 9.37. The van der Waals surface area contributed by atoms with Gasteiger partial charge in [-0.1, -0.05) is 0 Å². The van der Waals surface area contributed by atoms with Gasteiger partial charge < -0.3 is 36.6 Å². The summed E-state index contributed by atoms with van der Waals surface area (Å²) < 4.78 is 0. The zero-order valence-corrected chi connectivity index (χ0v) is 16.2. The molecule has 3 atom stereocenters. The lowest BCUT2D eigenvalue weighted by Crippen LogP contribution is -2.53. The molecule has 0 aromatic heterocycles. The van der Waals surface area contributed by atoms with Gasteiger partial charge in [0.2, 0.25) is 17.7 Å². The van der Waals surface area contributed by atoms with E-state index in [2.05, 4.69) is 21.3 Å². The van der Waals surface area contributed by atoms with Crippen molar-refractivity contribution < 1.29 is 44.1 Å². The second-order valence-electron chi connectivity index (χ2n) is 6.75. The molecule has 1 heterocycles. The first-order valence-corrected chi connectivity index (χ1v) is 9.37. The van der Waals surface area contributed by atoms with Crippen LogP contribution in [-0.4, -0.2) is 82.2 Å². The highest BCUT2D eigenvalue weighted by atomic mass is 16.4. The molecule has 1 aliphatic rings. The molecule has 0 aromatic rings. The number of rotatable bonds is 13. The number of carbonyl (C=O) groups excluding carboxylic acids is 3. The number of hydrogen-bond acceptors (Lipinski definition) is 7. The van der Waals surface area contributed by atoms with Crippen molar-refractivity contribution >= 4 is 35.6 Å². The minimum absolute atomic E-state index is 0.323. The Morgan fingerprint density at radius 3 is 2.00 bits per heavy atom. The third kappa shape index (κ3) is 9.32. The Kier molecular flexibility index (Phi) is 10.2. The normalized spacial score (nSPS) is 17.4. The average Bonchev–Trinajstić information content (AvgIpc) is 3.20. The van der Waals surface area contributed by atoms with Crippen LogP contribution in [0.2, 0.25) is 0 Å². The fourth-order valence-electron chi connectivity index (χ4n) is 2.78. The van der Waals surface area contributed by atoms with Gasteiger partial charge in [-0.25, -0.2) is 4.79 Å². The number of carboxylic acids is 3. The van der Waals surface area contributed by atoms with Gasteiger partial charge in [0.15, 0.2) is 0 Å². The van der Waals surface area contributed by atoms with E-state index in [1.165, 1.54) is 0 Å². The largest absolute Gasteiger partial charge is 0.481 e. The molecule has 0 saturated carbocycles. The zero-order chi connectivity index (χ0) is 22.7. The maximum atomic E-state index is 12.4. The van der Waals surface area contributed by atoms with Gasteiger partial charge in [0.1, 0.15) is 12.1 Å². The Morgan fingerprint density at radius 1 is 0.900 bits per heavy atom. The van der Waals surface area contributed by atoms with Crippen molar-refractivity contribution in [2.45, 2.75) is 56.7 Å². The van der Waals surface area contributed by atoms with Crippen LogP contribution in [0.1, 0.15) is 38.5 Å². The summed E-state index contributed by atoms with van der Waals surface area (Å²) >= 11 is 0. The summed E-state index contributed by atoms with van der Waals surface area (Å²) in [5, 5.41) is 36.3. The molecule has 0 spiro atoms. The Balaban J connectivity index is 2.66. The van der Waals surface area contributed by atoms with E-state index in [4.69, 9.17) is 15.3 Å². The molecule has 1 fully saturated rings. The summed E-state index contributed by atoms with van der Waals surface area (Å²) in [6.45, 7) is 0.240. The monoisotopic (exact) mass is 430 g/mol. The van der Waals surface area contributed by atoms with Gasteiger partial charge in [-0.15, -0.1) is 0 Å². The van der Waals surface area contributed by atoms with Gasteiger partial charge in [0, 0.05) is 12.8 Å². The molecule has 1 saturated heterocycles. The summed E-state index contributed by atoms with van der Waals surface area (Å²) in [7, 11) is 0. The van der Waals surface area contributed by atoms with Crippen molar-refractivity contribution in [3.05, 3.63) is 0 Å². The molecule has 0 aliphatic carbocycles. The number of nitrogens with one attached hydrogen (secondary N) is 4. The molecular weight excluding hydrogens is 404 g/mol. The molecule has 3 unspecified atom stereocenters. The van der Waals surface area contributed by atoms with E-state index in [1.807, 2.05) is 0 Å². The number of amides is 3. The Bertz CT molecular complexity index is 676. The van der Waals surface area contributed by atoms with Crippen molar-refractivity contribution in [3.63, 3.8) is 0 Å². The van der Waals surface area contributed by atoms with Crippen LogP contribution < -0.4 is 21.3 Å². The summed E-state index contributed by atoms with van der Waals surface area (Å²) in [5.41, 5.74) is 0. The topological polar surface area (TPSA) is 211 Å². The lowest BCUT2D eigenvalue weighted by molar-refractivity contribution is -0.144. The lowest BCUT2D eigenvalue weighted by Gasteiger charge is -2.21. The van der Waals surface area contributed by atoms with E-state index in [-0.39, 0.29) is 18.7 Å². The minimum Gasteiger partial charge on any atom is -0.481 e. The molecular formula is C17H26N4O9. The van der Waals surface area contributed by atoms with Crippen LogP contribution in [0.5, 0.6) is 0 Å². The molecule has 3 amide bonds. The predicted octanol–water partition coefficient (Wildman–Crippen LogP) is -2.36. The number of carbonyl (C=O) groups is 6. The quantitative estimate of drug-likeness (QED) is 0.165. The fourth-order valence-corrected chi connectivity index (χ4v) is 2.78. The first kappa shape index (κ1) is 24.8. The third-order valence-corrected chi connectivity index (χ3v) is 4.36. The van der Waals surface area contributed by atoms with Gasteiger partial charge in [-0.05, 0) is 32.2 Å². The van der Waals surface area contributed by atoms with Gasteiger partial charge in [-0.3, -0.25) is 24.0 Å². The van der Waals surface area contributed by atoms with Crippen LogP contribution in [0.4, 0.5) is 0 Å². The Morgan fingerprint density at radius 2 is 1.50 bits per heavy atom. The van der Waals surface area contributed by atoms with E-state index in [0.717, 1.165) is 6.42 Å². The van der Waals surface area contributed by atoms with E-state index >= 15 is 0 Å². The van der Waals surface area contributed by atoms with Crippen LogP contribution in [0.3, 0.4) is 0 Å². The predicted molar refractivity (Wildman–Crippen MR) is 99.3 cm³/mol. The summed E-state index contributed by atoms with van der Waals surface area (Å²) in [6, 6.07) is -3.30. The van der Waals surface area contributed by atoms with Crippen LogP contribution in [-0.2, 0) is 28.8 Å². The van der Waals surface area contributed by atoms with Crippen molar-refractivity contribution in [3.8, 4) is 0 Å². The van der Waals surface area contributed by atoms with E-state index in [0.29, 0.717) is 13.0 Å². The molecule has 0 radical (unpaired) electrons. The number of hydrogen-bond donors (Lipinski definition) is 7. The fraction of sp³-hybridized carbons (Fsp3) is 0.647. The molecule has 0 aromatic carbocycles. The van der Waals surface area contributed by atoms with Crippen LogP contribution in [0, 0.1) is 0 Å². The number of aliphatic carboxylic acids is 3. The second kappa shape index (κ2) is 12.4. The first-order chi connectivity index (χ1) is 14.1. The standard InChI is InChI=1S/C17H26N4O9/c22-12(8-19-15(27)9-2-1-7-18-9)20-10(3-5-13(23)24)16(28)21-11(17(29)30)4-6-14(25)26/h9-11,18H,1-8H2,(H,19,27)(H,20,22)(H,21,28)(H,23,24)(H,25,26)(H,29,30). The Labute approximate surface area is 171 Å². The second-order valence-corrected chi connectivity index (χ2v) is 6.75. The molecule has 1 aliphatic heterocycles. The maximum absolute atomic E-state index is 12.4. The summed E-state index contributed by atoms with van der Waals surface area (Å²) in [5.74, 6) is -6.06. The molecule has 13 nitrogen and oxygen atoms in total. The van der Waals surface area contributed by atoms with Gasteiger partial charge in [0.05, 0.1) is 12.6 Å². The van der Waals surface area contributed by atoms with E-state index in [9.17, 15) is 28.8 Å². The molecule has 168 valence electrons. The summed E-state index contributed by atoms with van der Waals surface area (Å²) in [6.07, 6.45) is -0.247. The van der Waals surface area contributed by atoms with E-state index in [1.54, 1.807) is 0 Å². The van der Waals surface area contributed by atoms with Gasteiger partial charge in [-0.2, -0.15) is 0 Å². The molecule has 7 N–H and O–H groups in total. The molecule has 13 heteroatoms. The van der Waals surface area contributed by atoms with Crippen LogP contribution >= 0.6 is 0 Å². The zero-order valence-electron chi connectivity index (χ0n) is 16.2. The van der Waals surface area contributed by atoms with Gasteiger partial charge in [0.25, 0.3) is 0 Å². The average molecular weight is 430 g/mol. The van der Waals surface area contributed by atoms with Crippen molar-refractivity contribution in [1.29, 1.82) is 0 Å². The highest BCUT2D eigenvalue weighted by Crippen LogP contribution is 2.05. The SMILES string of the molecule is O=C(O)CCC(NC(=O)C(CCC(=O)O)NC(=O)CNC(=O)C1CCCN1)C(=O)O. The molecule has 30 heavy (non-hydrogen) atoms. The smallest absolute Gasteiger partial charge is 0.326 e. The maximum Gasteiger partial charge on any atom is 0.326 e. The van der Waals surface area contributed by atoms with Crippen LogP contribution in [0.25, 0.3) is 0 Å². The van der Waals surface area contributed by atoms with Crippen molar-refractivity contribution in [1.82, 2.24) is 21.3 Å².